The molecule has 0 spiro atoms. The van der Waals surface area contributed by atoms with Crippen LogP contribution in [0.5, 0.6) is 0 Å². The van der Waals surface area contributed by atoms with Crippen LogP contribution in [0.4, 0.5) is 5.69 Å². The van der Waals surface area contributed by atoms with Crippen LogP contribution < -0.4 is 10.2 Å². The molecule has 2 unspecified atom stereocenters. The lowest BCUT2D eigenvalue weighted by Gasteiger charge is -2.29. The molecule has 1 heterocycles. The van der Waals surface area contributed by atoms with Crippen molar-refractivity contribution < 1.29 is 0 Å². The Hall–Kier alpha value is -0.670. The topological polar surface area (TPSA) is 15.3 Å². The van der Waals surface area contributed by atoms with E-state index in [9.17, 15) is 0 Å². The Bertz CT molecular complexity index is 377. The largest absolute Gasteiger partial charge is 0.370 e. The molecule has 2 rings (SSSR count). The summed E-state index contributed by atoms with van der Waals surface area (Å²) in [4.78, 5) is 3.89. The Morgan fingerprint density at radius 1 is 1.37 bits per heavy atom. The summed E-state index contributed by atoms with van der Waals surface area (Å²) in [6.07, 6.45) is 4.61. The monoisotopic (exact) mass is 278 g/mol. The number of nitrogens with zero attached hydrogens (tertiary/aromatic N) is 1. The van der Waals surface area contributed by atoms with Gasteiger partial charge in [0, 0.05) is 29.7 Å². The molecule has 0 bridgehead atoms. The molecule has 0 aromatic heterocycles. The normalized spacial score (nSPS) is 22.1. The Morgan fingerprint density at radius 3 is 2.74 bits per heavy atom. The van der Waals surface area contributed by atoms with Gasteiger partial charge < -0.3 is 10.2 Å². The Balaban J connectivity index is 2.08. The van der Waals surface area contributed by atoms with Gasteiger partial charge in [0.15, 0.2) is 0 Å². The number of anilines is 1. The minimum Gasteiger partial charge on any atom is -0.370 e. The van der Waals surface area contributed by atoms with Gasteiger partial charge in [0.05, 0.1) is 0 Å². The summed E-state index contributed by atoms with van der Waals surface area (Å²) in [5.74, 6) is 0.742. The second-order valence-electron chi connectivity index (χ2n) is 5.44. The first-order chi connectivity index (χ1) is 9.24. The summed E-state index contributed by atoms with van der Waals surface area (Å²) >= 11 is 1.81. The zero-order chi connectivity index (χ0) is 13.7. The zero-order valence-electron chi connectivity index (χ0n) is 12.4. The first-order valence-corrected chi connectivity index (χ1v) is 8.59. The minimum atomic E-state index is 0.618. The van der Waals surface area contributed by atoms with Gasteiger partial charge in [-0.2, -0.15) is 0 Å². The maximum atomic E-state index is 3.71. The smallest absolute Gasteiger partial charge is 0.0367 e. The van der Waals surface area contributed by atoms with Crippen molar-refractivity contribution in [3.63, 3.8) is 0 Å². The SMILES string of the molecule is CCC(C)C1CN(c2ccc(SC)cc2)CCCN1. The third-order valence-corrected chi connectivity index (χ3v) is 4.94. The van der Waals surface area contributed by atoms with Crippen LogP contribution >= 0.6 is 11.8 Å². The molecule has 1 saturated heterocycles. The molecular weight excluding hydrogens is 252 g/mol. The van der Waals surface area contributed by atoms with Crippen LogP contribution in [0.3, 0.4) is 0 Å². The van der Waals surface area contributed by atoms with Gasteiger partial charge in [0.25, 0.3) is 0 Å². The van der Waals surface area contributed by atoms with Gasteiger partial charge in [-0.15, -0.1) is 11.8 Å². The Labute approximate surface area is 122 Å². The first-order valence-electron chi connectivity index (χ1n) is 7.37. The van der Waals surface area contributed by atoms with E-state index in [4.69, 9.17) is 0 Å². The molecule has 1 fully saturated rings. The van der Waals surface area contributed by atoms with Crippen LogP contribution in [0.15, 0.2) is 29.2 Å². The van der Waals surface area contributed by atoms with Crippen molar-refractivity contribution in [1.82, 2.24) is 5.32 Å². The second-order valence-corrected chi connectivity index (χ2v) is 6.32. The van der Waals surface area contributed by atoms with Crippen LogP contribution in [0, 0.1) is 5.92 Å². The molecule has 3 heteroatoms. The lowest BCUT2D eigenvalue weighted by Crippen LogP contribution is -2.42. The number of rotatable bonds is 4. The van der Waals surface area contributed by atoms with E-state index in [1.807, 2.05) is 0 Å². The summed E-state index contributed by atoms with van der Waals surface area (Å²) < 4.78 is 0. The molecular formula is C16H26N2S. The molecule has 1 aromatic rings. The third-order valence-electron chi connectivity index (χ3n) is 4.20. The van der Waals surface area contributed by atoms with E-state index in [2.05, 4.69) is 54.6 Å². The average molecular weight is 278 g/mol. The molecule has 106 valence electrons. The lowest BCUT2D eigenvalue weighted by atomic mass is 9.99. The fourth-order valence-corrected chi connectivity index (χ4v) is 3.05. The van der Waals surface area contributed by atoms with Gasteiger partial charge in [-0.25, -0.2) is 0 Å². The highest BCUT2D eigenvalue weighted by Crippen LogP contribution is 2.23. The molecule has 0 radical (unpaired) electrons. The van der Waals surface area contributed by atoms with Gasteiger partial charge in [-0.3, -0.25) is 0 Å². The highest BCUT2D eigenvalue weighted by atomic mass is 32.2. The second kappa shape index (κ2) is 7.20. The van der Waals surface area contributed by atoms with Gasteiger partial charge >= 0.3 is 0 Å². The first kappa shape index (κ1) is 14.7. The van der Waals surface area contributed by atoms with Crippen LogP contribution in [0.1, 0.15) is 26.7 Å². The number of hydrogen-bond acceptors (Lipinski definition) is 3. The van der Waals surface area contributed by atoms with Crippen LogP contribution in [-0.2, 0) is 0 Å². The molecule has 1 aliphatic heterocycles. The number of nitrogens with one attached hydrogen (secondary N) is 1. The van der Waals surface area contributed by atoms with Crippen molar-refractivity contribution in [3.8, 4) is 0 Å². The molecule has 1 aliphatic rings. The molecule has 1 aromatic carbocycles. The maximum absolute atomic E-state index is 3.71. The molecule has 2 atom stereocenters. The fourth-order valence-electron chi connectivity index (χ4n) is 2.64. The van der Waals surface area contributed by atoms with E-state index in [-0.39, 0.29) is 0 Å². The Morgan fingerprint density at radius 2 is 2.11 bits per heavy atom. The van der Waals surface area contributed by atoms with Crippen molar-refractivity contribution in [2.45, 2.75) is 37.6 Å². The van der Waals surface area contributed by atoms with Crippen molar-refractivity contribution in [3.05, 3.63) is 24.3 Å². The maximum Gasteiger partial charge on any atom is 0.0367 e. The molecule has 0 amide bonds. The average Bonchev–Trinajstić information content (AvgIpc) is 2.72. The highest BCUT2D eigenvalue weighted by molar-refractivity contribution is 7.98. The summed E-state index contributed by atoms with van der Waals surface area (Å²) in [5.41, 5.74) is 1.37. The van der Waals surface area contributed by atoms with Crippen molar-refractivity contribution in [2.24, 2.45) is 5.92 Å². The minimum absolute atomic E-state index is 0.618. The molecule has 1 N–H and O–H groups in total. The van der Waals surface area contributed by atoms with Crippen LogP contribution in [-0.4, -0.2) is 31.9 Å². The van der Waals surface area contributed by atoms with Gasteiger partial charge in [0.1, 0.15) is 0 Å². The third kappa shape index (κ3) is 3.90. The van der Waals surface area contributed by atoms with Crippen molar-refractivity contribution >= 4 is 17.4 Å². The molecule has 19 heavy (non-hydrogen) atoms. The standard InChI is InChI=1S/C16H26N2S/c1-4-13(2)16-12-18(11-5-10-17-16)14-6-8-15(19-3)9-7-14/h6-9,13,16-17H,4-5,10-12H2,1-3H3. The lowest BCUT2D eigenvalue weighted by molar-refractivity contribution is 0.384. The van der Waals surface area contributed by atoms with Gasteiger partial charge in [-0.1, -0.05) is 20.3 Å². The van der Waals surface area contributed by atoms with E-state index >= 15 is 0 Å². The summed E-state index contributed by atoms with van der Waals surface area (Å²) in [6, 6.07) is 9.62. The van der Waals surface area contributed by atoms with Gasteiger partial charge in [0.2, 0.25) is 0 Å². The fraction of sp³-hybridized carbons (Fsp3) is 0.625. The van der Waals surface area contributed by atoms with Crippen molar-refractivity contribution in [1.29, 1.82) is 0 Å². The number of hydrogen-bond donors (Lipinski definition) is 1. The predicted molar refractivity (Wildman–Crippen MR) is 86.3 cm³/mol. The van der Waals surface area contributed by atoms with Gasteiger partial charge in [-0.05, 0) is 49.4 Å². The highest BCUT2D eigenvalue weighted by Gasteiger charge is 2.21. The van der Waals surface area contributed by atoms with E-state index in [0.717, 1.165) is 19.0 Å². The Kier molecular flexibility index (Phi) is 5.59. The van der Waals surface area contributed by atoms with Crippen molar-refractivity contribution in [2.75, 3.05) is 30.8 Å². The summed E-state index contributed by atoms with van der Waals surface area (Å²) in [7, 11) is 0. The van der Waals surface area contributed by atoms with E-state index < -0.39 is 0 Å². The molecule has 0 saturated carbocycles. The summed E-state index contributed by atoms with van der Waals surface area (Å²) in [5, 5.41) is 3.71. The summed E-state index contributed by atoms with van der Waals surface area (Å²) in [6.45, 7) is 8.09. The quantitative estimate of drug-likeness (QED) is 0.847. The van der Waals surface area contributed by atoms with E-state index in [0.29, 0.717) is 6.04 Å². The number of thioether (sulfide) groups is 1. The van der Waals surface area contributed by atoms with Crippen LogP contribution in [0.2, 0.25) is 0 Å². The number of benzene rings is 1. The van der Waals surface area contributed by atoms with E-state index in [1.54, 1.807) is 11.8 Å². The predicted octanol–water partition coefficient (Wildman–Crippen LogP) is 3.62. The zero-order valence-corrected chi connectivity index (χ0v) is 13.2. The van der Waals surface area contributed by atoms with Crippen LogP contribution in [0.25, 0.3) is 0 Å². The van der Waals surface area contributed by atoms with E-state index in [1.165, 1.54) is 30.0 Å². The molecule has 2 nitrogen and oxygen atoms in total. The molecule has 0 aliphatic carbocycles.